The van der Waals surface area contributed by atoms with Gasteiger partial charge in [-0.25, -0.2) is 24.2 Å². The number of piperidine rings is 1. The smallest absolute Gasteiger partial charge is 0.411 e. The average Bonchev–Trinajstić information content (AvgIpc) is 3.22. The summed E-state index contributed by atoms with van der Waals surface area (Å²) in [5, 5.41) is 7.99. The van der Waals surface area contributed by atoms with Gasteiger partial charge in [0.1, 0.15) is 0 Å². The molecule has 4 rings (SSSR count). The summed E-state index contributed by atoms with van der Waals surface area (Å²) >= 11 is 0. The molecule has 1 aliphatic heterocycles. The lowest BCUT2D eigenvalue weighted by Gasteiger charge is -2.31. The molecule has 3 aromatic rings. The second-order valence-corrected chi connectivity index (χ2v) is 6.94. The number of hydrogen-bond acceptors (Lipinski definition) is 7. The van der Waals surface area contributed by atoms with Crippen molar-refractivity contribution < 1.29 is 19.1 Å². The number of aromatic nitrogens is 4. The number of hydrogen-bond donors (Lipinski definition) is 1. The fourth-order valence-electron chi connectivity index (χ4n) is 3.54. The molecule has 1 saturated heterocycles. The van der Waals surface area contributed by atoms with Crippen LogP contribution in [0, 0.1) is 0 Å². The monoisotopic (exact) mass is 410 g/mol. The summed E-state index contributed by atoms with van der Waals surface area (Å²) < 4.78 is 11.3. The molecule has 3 heterocycles. The van der Waals surface area contributed by atoms with Crippen molar-refractivity contribution in [1.82, 2.24) is 24.6 Å². The summed E-state index contributed by atoms with van der Waals surface area (Å²) in [6.07, 6.45) is 4.25. The van der Waals surface area contributed by atoms with Crippen LogP contribution in [-0.2, 0) is 9.47 Å². The maximum atomic E-state index is 11.7. The zero-order valence-corrected chi connectivity index (χ0v) is 16.7. The molecule has 1 N–H and O–H groups in total. The molecule has 10 nitrogen and oxygen atoms in total. The normalized spacial score (nSPS) is 14.5. The highest BCUT2D eigenvalue weighted by molar-refractivity contribution is 5.85. The Bertz CT molecular complexity index is 1060. The highest BCUT2D eigenvalue weighted by Gasteiger charge is 2.26. The molecule has 30 heavy (non-hydrogen) atoms. The summed E-state index contributed by atoms with van der Waals surface area (Å²) in [7, 11) is 2.71. The van der Waals surface area contributed by atoms with Crippen molar-refractivity contribution in [1.29, 1.82) is 0 Å². The number of carbonyl (C=O) groups excluding carboxylic acids is 2. The third kappa shape index (κ3) is 3.88. The van der Waals surface area contributed by atoms with Gasteiger partial charge < -0.3 is 14.4 Å². The first-order chi connectivity index (χ1) is 14.6. The van der Waals surface area contributed by atoms with Gasteiger partial charge in [0.05, 0.1) is 31.8 Å². The van der Waals surface area contributed by atoms with E-state index in [1.54, 1.807) is 29.4 Å². The molecular formula is C20H22N6O4. The lowest BCUT2D eigenvalue weighted by atomic mass is 10.1. The molecule has 1 aliphatic rings. The van der Waals surface area contributed by atoms with Gasteiger partial charge in [-0.3, -0.25) is 5.32 Å². The van der Waals surface area contributed by atoms with E-state index in [1.165, 1.54) is 14.2 Å². The van der Waals surface area contributed by atoms with Gasteiger partial charge in [-0.05, 0) is 37.1 Å². The summed E-state index contributed by atoms with van der Waals surface area (Å²) in [6, 6.07) is 7.35. The molecule has 0 saturated carbocycles. The zero-order chi connectivity index (χ0) is 21.1. The van der Waals surface area contributed by atoms with Gasteiger partial charge in [0, 0.05) is 30.5 Å². The third-order valence-electron chi connectivity index (χ3n) is 5.15. The number of likely N-dealkylation sites (tertiary alicyclic amines) is 1. The first kappa shape index (κ1) is 19.6. The number of rotatable bonds is 3. The highest BCUT2D eigenvalue weighted by atomic mass is 16.5. The highest BCUT2D eigenvalue weighted by Crippen LogP contribution is 2.27. The maximum Gasteiger partial charge on any atom is 0.411 e. The van der Waals surface area contributed by atoms with Crippen LogP contribution in [0.5, 0.6) is 0 Å². The second-order valence-electron chi connectivity index (χ2n) is 6.94. The number of amides is 2. The van der Waals surface area contributed by atoms with E-state index in [1.807, 2.05) is 16.8 Å². The van der Waals surface area contributed by atoms with Crippen LogP contribution in [0.25, 0.3) is 22.4 Å². The van der Waals surface area contributed by atoms with E-state index in [0.717, 1.165) is 29.4 Å². The zero-order valence-electron chi connectivity index (χ0n) is 16.7. The predicted octanol–water partition coefficient (Wildman–Crippen LogP) is 3.07. The molecule has 1 fully saturated rings. The lowest BCUT2D eigenvalue weighted by molar-refractivity contribution is 0.106. The molecule has 0 radical (unpaired) electrons. The molecule has 0 aliphatic carbocycles. The minimum absolute atomic E-state index is 0.151. The van der Waals surface area contributed by atoms with Crippen molar-refractivity contribution in [2.24, 2.45) is 0 Å². The quantitative estimate of drug-likeness (QED) is 0.706. The summed E-state index contributed by atoms with van der Waals surface area (Å²) in [5.74, 6) is 0.570. The van der Waals surface area contributed by atoms with Gasteiger partial charge in [0.15, 0.2) is 11.5 Å². The largest absolute Gasteiger partial charge is 0.453 e. The van der Waals surface area contributed by atoms with Gasteiger partial charge in [-0.15, -0.1) is 0 Å². The van der Waals surface area contributed by atoms with Crippen molar-refractivity contribution >= 4 is 28.9 Å². The number of nitrogens with one attached hydrogen (secondary N) is 1. The number of carbonyl (C=O) groups is 2. The van der Waals surface area contributed by atoms with E-state index in [0.29, 0.717) is 24.6 Å². The van der Waals surface area contributed by atoms with Crippen LogP contribution in [0.3, 0.4) is 0 Å². The SMILES string of the molecule is COC(=O)Nc1ccc(-c2ncc3cnn(C4CCN(C(=O)OC)CC4)c3n2)cc1. The fraction of sp³-hybridized carbons (Fsp3) is 0.350. The van der Waals surface area contributed by atoms with Crippen LogP contribution >= 0.6 is 0 Å². The van der Waals surface area contributed by atoms with Gasteiger partial charge >= 0.3 is 12.2 Å². The number of benzene rings is 1. The molecule has 2 aromatic heterocycles. The van der Waals surface area contributed by atoms with E-state index >= 15 is 0 Å². The molecule has 10 heteroatoms. The Balaban J connectivity index is 1.55. The van der Waals surface area contributed by atoms with Crippen molar-refractivity contribution in [3.63, 3.8) is 0 Å². The van der Waals surface area contributed by atoms with Crippen LogP contribution in [-0.4, -0.2) is 64.1 Å². The van der Waals surface area contributed by atoms with Crippen molar-refractivity contribution in [3.8, 4) is 11.4 Å². The Morgan fingerprint density at radius 3 is 2.47 bits per heavy atom. The van der Waals surface area contributed by atoms with Crippen LogP contribution < -0.4 is 5.32 Å². The molecule has 1 aromatic carbocycles. The Morgan fingerprint density at radius 1 is 1.07 bits per heavy atom. The summed E-state index contributed by atoms with van der Waals surface area (Å²) in [5.41, 5.74) is 2.20. The number of nitrogens with zero attached hydrogens (tertiary/aromatic N) is 5. The molecule has 2 amide bonds. The minimum Gasteiger partial charge on any atom is -0.453 e. The van der Waals surface area contributed by atoms with E-state index in [9.17, 15) is 9.59 Å². The Kier molecular flexibility index (Phi) is 5.46. The molecule has 0 spiro atoms. The van der Waals surface area contributed by atoms with Crippen LogP contribution in [0.4, 0.5) is 15.3 Å². The van der Waals surface area contributed by atoms with Gasteiger partial charge in [0.25, 0.3) is 0 Å². The van der Waals surface area contributed by atoms with Crippen LogP contribution in [0.2, 0.25) is 0 Å². The molecule has 156 valence electrons. The maximum absolute atomic E-state index is 11.7. The number of anilines is 1. The van der Waals surface area contributed by atoms with Gasteiger partial charge in [0.2, 0.25) is 0 Å². The first-order valence-corrected chi connectivity index (χ1v) is 9.57. The van der Waals surface area contributed by atoms with Crippen LogP contribution in [0.1, 0.15) is 18.9 Å². The second kappa shape index (κ2) is 8.36. The molecule has 0 atom stereocenters. The average molecular weight is 410 g/mol. The first-order valence-electron chi connectivity index (χ1n) is 9.57. The van der Waals surface area contributed by atoms with Crippen LogP contribution in [0.15, 0.2) is 36.7 Å². The molecule has 0 bridgehead atoms. The van der Waals surface area contributed by atoms with Crippen molar-refractivity contribution in [2.75, 3.05) is 32.6 Å². The Labute approximate surface area is 172 Å². The van der Waals surface area contributed by atoms with E-state index in [4.69, 9.17) is 9.72 Å². The van der Waals surface area contributed by atoms with Gasteiger partial charge in [-0.2, -0.15) is 5.10 Å². The lowest BCUT2D eigenvalue weighted by Crippen LogP contribution is -2.39. The van der Waals surface area contributed by atoms with E-state index < -0.39 is 6.09 Å². The summed E-state index contributed by atoms with van der Waals surface area (Å²) in [6.45, 7) is 1.23. The Morgan fingerprint density at radius 2 is 1.80 bits per heavy atom. The Hall–Kier alpha value is -3.69. The van der Waals surface area contributed by atoms with Crippen molar-refractivity contribution in [3.05, 3.63) is 36.7 Å². The number of fused-ring (bicyclic) bond motifs is 1. The van der Waals surface area contributed by atoms with E-state index in [2.05, 4.69) is 20.1 Å². The van der Waals surface area contributed by atoms with Gasteiger partial charge in [-0.1, -0.05) is 0 Å². The topological polar surface area (TPSA) is 111 Å². The minimum atomic E-state index is -0.525. The molecule has 0 unspecified atom stereocenters. The standard InChI is InChI=1S/C20H22N6O4/c1-29-19(27)23-15-5-3-13(4-6-15)17-21-11-14-12-22-26(18(14)24-17)16-7-9-25(10-8-16)20(28)30-2/h3-6,11-12,16H,7-10H2,1-2H3,(H,23,27). The number of methoxy groups -OCH3 is 2. The van der Waals surface area contributed by atoms with E-state index in [-0.39, 0.29) is 12.1 Å². The molecular weight excluding hydrogens is 388 g/mol. The third-order valence-corrected chi connectivity index (χ3v) is 5.15. The summed E-state index contributed by atoms with van der Waals surface area (Å²) in [4.78, 5) is 33.9. The number of ether oxygens (including phenoxy) is 2. The van der Waals surface area contributed by atoms with Crippen molar-refractivity contribution in [2.45, 2.75) is 18.9 Å². The fourth-order valence-corrected chi connectivity index (χ4v) is 3.54. The predicted molar refractivity (Wildman–Crippen MR) is 109 cm³/mol.